The summed E-state index contributed by atoms with van der Waals surface area (Å²) in [5.74, 6) is 1.06. The molecule has 12 heteroatoms. The van der Waals surface area contributed by atoms with Gasteiger partial charge in [0.05, 0.1) is 0 Å². The van der Waals surface area contributed by atoms with Crippen LogP contribution in [0.4, 0.5) is 0 Å². The van der Waals surface area contributed by atoms with E-state index >= 15 is 0 Å². The summed E-state index contributed by atoms with van der Waals surface area (Å²) in [4.78, 5) is 0. The quantitative estimate of drug-likeness (QED) is 0.0826. The third kappa shape index (κ3) is 20.0. The van der Waals surface area contributed by atoms with Crippen LogP contribution < -0.4 is 0 Å². The Morgan fingerprint density at radius 2 is 0.250 bits per heavy atom. The molecule has 12 N–H and O–H groups in total. The Morgan fingerprint density at radius 3 is 0.292 bits per heavy atom. The number of phenolic OH excluding ortho intramolecular Hbond substituents is 12. The fourth-order valence-electron chi connectivity index (χ4n) is 2.96. The zero-order valence-corrected chi connectivity index (χ0v) is 25.2. The standard InChI is InChI=1S/6C6H6O2/c6*7-5-2-1-3-6(8)4-5/h6*1-4,7-8H. The lowest BCUT2D eigenvalue weighted by Crippen LogP contribution is -1.61. The van der Waals surface area contributed by atoms with Gasteiger partial charge in [-0.2, -0.15) is 0 Å². The first-order valence-electron chi connectivity index (χ1n) is 13.6. The van der Waals surface area contributed by atoms with Crippen LogP contribution in [0, 0.1) is 0 Å². The van der Waals surface area contributed by atoms with Crippen LogP contribution in [-0.4, -0.2) is 61.3 Å². The topological polar surface area (TPSA) is 243 Å². The fourth-order valence-corrected chi connectivity index (χ4v) is 2.96. The molecule has 0 amide bonds. The molecular formula is C36H36O12. The summed E-state index contributed by atoms with van der Waals surface area (Å²) >= 11 is 0. The highest BCUT2D eigenvalue weighted by Crippen LogP contribution is 2.18. The third-order valence-electron chi connectivity index (χ3n) is 4.98. The first-order chi connectivity index (χ1) is 22.7. The molecule has 0 aromatic heterocycles. The van der Waals surface area contributed by atoms with Crippen LogP contribution in [0.25, 0.3) is 0 Å². The summed E-state index contributed by atoms with van der Waals surface area (Å²) in [5, 5.41) is 104. The second kappa shape index (κ2) is 21.6. The number of benzene rings is 6. The van der Waals surface area contributed by atoms with Gasteiger partial charge < -0.3 is 61.3 Å². The van der Waals surface area contributed by atoms with Crippen LogP contribution in [0.5, 0.6) is 69.0 Å². The van der Waals surface area contributed by atoms with E-state index < -0.39 is 0 Å². The van der Waals surface area contributed by atoms with Gasteiger partial charge in [0.15, 0.2) is 0 Å². The van der Waals surface area contributed by atoms with E-state index in [0.29, 0.717) is 0 Å². The molecule has 6 rings (SSSR count). The molecule has 6 aromatic rings. The Hall–Kier alpha value is -7.08. The molecule has 0 radical (unpaired) electrons. The van der Waals surface area contributed by atoms with E-state index in [9.17, 15) is 0 Å². The molecule has 0 saturated carbocycles. The van der Waals surface area contributed by atoms with Crippen molar-refractivity contribution >= 4 is 0 Å². The molecule has 0 spiro atoms. The van der Waals surface area contributed by atoms with Gasteiger partial charge in [-0.15, -0.1) is 0 Å². The Bertz CT molecular complexity index is 1340. The van der Waals surface area contributed by atoms with E-state index in [-0.39, 0.29) is 69.0 Å². The van der Waals surface area contributed by atoms with Gasteiger partial charge in [0.25, 0.3) is 0 Å². The minimum Gasteiger partial charge on any atom is -0.508 e. The maximum atomic E-state index is 8.65. The first-order valence-corrected chi connectivity index (χ1v) is 13.6. The minimum atomic E-state index is 0.0880. The lowest BCUT2D eigenvalue weighted by atomic mass is 10.3. The van der Waals surface area contributed by atoms with E-state index in [0.717, 1.165) is 0 Å². The maximum Gasteiger partial charge on any atom is 0.119 e. The van der Waals surface area contributed by atoms with Crippen molar-refractivity contribution in [3.05, 3.63) is 146 Å². The summed E-state index contributed by atoms with van der Waals surface area (Å²) in [7, 11) is 0. The Kier molecular flexibility index (Phi) is 17.5. The molecule has 6 aromatic carbocycles. The predicted octanol–water partition coefficient (Wildman–Crippen LogP) is 6.59. The summed E-state index contributed by atoms with van der Waals surface area (Å²) in [6.45, 7) is 0. The second-order valence-electron chi connectivity index (χ2n) is 9.12. The SMILES string of the molecule is Oc1cccc(O)c1.Oc1cccc(O)c1.Oc1cccc(O)c1.Oc1cccc(O)c1.Oc1cccc(O)c1.Oc1cccc(O)c1. The lowest BCUT2D eigenvalue weighted by Gasteiger charge is -1.89. The van der Waals surface area contributed by atoms with Crippen LogP contribution in [0.2, 0.25) is 0 Å². The van der Waals surface area contributed by atoms with Crippen LogP contribution in [0.3, 0.4) is 0 Å². The van der Waals surface area contributed by atoms with Crippen molar-refractivity contribution in [2.75, 3.05) is 0 Å². The molecular weight excluding hydrogens is 624 g/mol. The highest BCUT2D eigenvalue weighted by atomic mass is 16.3. The van der Waals surface area contributed by atoms with E-state index in [1.165, 1.54) is 109 Å². The van der Waals surface area contributed by atoms with Gasteiger partial charge in [-0.1, -0.05) is 36.4 Å². The third-order valence-corrected chi connectivity index (χ3v) is 4.98. The van der Waals surface area contributed by atoms with Gasteiger partial charge in [-0.25, -0.2) is 0 Å². The highest BCUT2D eigenvalue weighted by molar-refractivity contribution is 5.33. The molecule has 0 fully saturated rings. The highest BCUT2D eigenvalue weighted by Gasteiger charge is 1.89. The Labute approximate surface area is 275 Å². The largest absolute Gasteiger partial charge is 0.508 e. The molecule has 12 nitrogen and oxygen atoms in total. The van der Waals surface area contributed by atoms with Gasteiger partial charge in [0.2, 0.25) is 0 Å². The molecule has 0 aliphatic heterocycles. The van der Waals surface area contributed by atoms with E-state index in [2.05, 4.69) is 0 Å². The monoisotopic (exact) mass is 660 g/mol. The molecule has 0 atom stereocenters. The zero-order valence-electron chi connectivity index (χ0n) is 25.2. The molecule has 0 saturated heterocycles. The molecule has 48 heavy (non-hydrogen) atoms. The number of hydrogen-bond acceptors (Lipinski definition) is 12. The van der Waals surface area contributed by atoms with E-state index in [1.807, 2.05) is 0 Å². The second-order valence-corrected chi connectivity index (χ2v) is 9.12. The molecule has 0 aliphatic carbocycles. The van der Waals surface area contributed by atoms with E-state index in [4.69, 9.17) is 61.3 Å². The van der Waals surface area contributed by atoms with Crippen LogP contribution in [0.15, 0.2) is 146 Å². The van der Waals surface area contributed by atoms with Crippen molar-refractivity contribution < 1.29 is 61.3 Å². The first kappa shape index (κ1) is 38.9. The Morgan fingerprint density at radius 1 is 0.167 bits per heavy atom. The molecule has 0 bridgehead atoms. The van der Waals surface area contributed by atoms with Crippen molar-refractivity contribution in [3.63, 3.8) is 0 Å². The predicted molar refractivity (Wildman–Crippen MR) is 179 cm³/mol. The lowest BCUT2D eigenvalue weighted by molar-refractivity contribution is 0.449. The average molecular weight is 661 g/mol. The summed E-state index contributed by atoms with van der Waals surface area (Å²) < 4.78 is 0. The van der Waals surface area contributed by atoms with Gasteiger partial charge >= 0.3 is 0 Å². The van der Waals surface area contributed by atoms with Gasteiger partial charge in [-0.3, -0.25) is 0 Å². The number of aromatic hydroxyl groups is 12. The smallest absolute Gasteiger partial charge is 0.119 e. The number of hydrogen-bond donors (Lipinski definition) is 12. The number of rotatable bonds is 0. The van der Waals surface area contributed by atoms with Crippen molar-refractivity contribution in [3.8, 4) is 69.0 Å². The van der Waals surface area contributed by atoms with Gasteiger partial charge in [0, 0.05) is 36.4 Å². The summed E-state index contributed by atoms with van der Waals surface area (Å²) in [6.07, 6.45) is 0. The van der Waals surface area contributed by atoms with Gasteiger partial charge in [-0.05, 0) is 72.8 Å². The Balaban J connectivity index is 0.000000288. The zero-order chi connectivity index (χ0) is 35.9. The molecule has 0 unspecified atom stereocenters. The molecule has 0 aliphatic rings. The van der Waals surface area contributed by atoms with Crippen molar-refractivity contribution in [2.45, 2.75) is 0 Å². The maximum absolute atomic E-state index is 8.65. The van der Waals surface area contributed by atoms with E-state index in [1.54, 1.807) is 36.4 Å². The average Bonchev–Trinajstić information content (AvgIpc) is 2.98. The normalized spacial score (nSPS) is 9.00. The van der Waals surface area contributed by atoms with Crippen molar-refractivity contribution in [1.82, 2.24) is 0 Å². The fraction of sp³-hybridized carbons (Fsp3) is 0. The van der Waals surface area contributed by atoms with Crippen LogP contribution in [-0.2, 0) is 0 Å². The summed E-state index contributed by atoms with van der Waals surface area (Å²) in [5.41, 5.74) is 0. The summed E-state index contributed by atoms with van der Waals surface area (Å²) in [6, 6.07) is 35.1. The van der Waals surface area contributed by atoms with Crippen molar-refractivity contribution in [2.24, 2.45) is 0 Å². The van der Waals surface area contributed by atoms with Gasteiger partial charge in [0.1, 0.15) is 69.0 Å². The number of phenols is 12. The molecule has 252 valence electrons. The van der Waals surface area contributed by atoms with Crippen LogP contribution >= 0.6 is 0 Å². The minimum absolute atomic E-state index is 0.0880. The van der Waals surface area contributed by atoms with Crippen molar-refractivity contribution in [1.29, 1.82) is 0 Å². The van der Waals surface area contributed by atoms with Crippen LogP contribution in [0.1, 0.15) is 0 Å². The molecule has 0 heterocycles.